The molecule has 4 atom stereocenters. The van der Waals surface area contributed by atoms with Gasteiger partial charge in [0.2, 0.25) is 0 Å². The summed E-state index contributed by atoms with van der Waals surface area (Å²) < 4.78 is 48.7. The van der Waals surface area contributed by atoms with E-state index in [2.05, 4.69) is 31.0 Å². The minimum atomic E-state index is -0.965. The summed E-state index contributed by atoms with van der Waals surface area (Å²) in [6, 6.07) is 13.1. The number of carbonyl (C=O) groups is 4. The summed E-state index contributed by atoms with van der Waals surface area (Å²) in [5.74, 6) is 0.515. The maximum absolute atomic E-state index is 14.3. The minimum Gasteiger partial charge on any atom is -0.487 e. The van der Waals surface area contributed by atoms with Gasteiger partial charge in [-0.15, -0.1) is 0 Å². The number of amides is 2. The summed E-state index contributed by atoms with van der Waals surface area (Å²) in [6.45, 7) is 25.1. The zero-order chi connectivity index (χ0) is 48.0. The molecule has 16 heteroatoms. The fourth-order valence-corrected chi connectivity index (χ4v) is 10.3. The Kier molecular flexibility index (Phi) is 13.8. The number of likely N-dealkylation sites (tertiary alicyclic amines) is 2. The molecule has 0 unspecified atom stereocenters. The number of piperidine rings is 1. The van der Waals surface area contributed by atoms with Gasteiger partial charge < -0.3 is 47.9 Å². The standard InChI is InChI=1S/C50H72BN3O12/c1-45(2,3)62-41(55)39-36(19-18-33(40(39)61-44(58)64-47(7,8)9)20-23-51-65-38-27-34-26-37(48(34,10)11)49(38,12)66-51)60-35-28-53(29-35)31-50(52-42(56)63-46(4,5)6)21-24-54(25-22-50)43(57)59-30-32-16-14-13-15-17-32/h13-19,34-35,37-38H,20-31H2,1-12H3,(H,52,56)/t34-,37-,38+,49-/m0/s1. The Morgan fingerprint density at radius 2 is 1.48 bits per heavy atom. The summed E-state index contributed by atoms with van der Waals surface area (Å²) in [4.78, 5) is 57.9. The van der Waals surface area contributed by atoms with Crippen LogP contribution in [0, 0.1) is 17.3 Å². The van der Waals surface area contributed by atoms with Gasteiger partial charge in [0.1, 0.15) is 40.8 Å². The number of hydrogen-bond donors (Lipinski definition) is 1. The monoisotopic (exact) mass is 918 g/mol. The molecule has 66 heavy (non-hydrogen) atoms. The highest BCUT2D eigenvalue weighted by Gasteiger charge is 2.67. The summed E-state index contributed by atoms with van der Waals surface area (Å²) in [7, 11) is -0.472. The number of nitrogens with one attached hydrogen (secondary N) is 1. The van der Waals surface area contributed by atoms with Crippen molar-refractivity contribution < 1.29 is 56.9 Å². The molecule has 2 bridgehead atoms. The van der Waals surface area contributed by atoms with Crippen LogP contribution in [0.1, 0.15) is 130 Å². The van der Waals surface area contributed by atoms with Crippen molar-refractivity contribution in [3.05, 3.63) is 59.2 Å². The number of benzene rings is 2. The Balaban J connectivity index is 1.07. The van der Waals surface area contributed by atoms with Gasteiger partial charge in [-0.3, -0.25) is 4.90 Å². The molecule has 8 rings (SSSR count). The molecule has 15 nitrogen and oxygen atoms in total. The molecule has 1 N–H and O–H groups in total. The van der Waals surface area contributed by atoms with Crippen LogP contribution in [0.4, 0.5) is 14.4 Å². The Bertz CT molecular complexity index is 2100. The second kappa shape index (κ2) is 18.5. The first kappa shape index (κ1) is 49.4. The summed E-state index contributed by atoms with van der Waals surface area (Å²) in [6.07, 6.45) is 1.62. The van der Waals surface area contributed by atoms with E-state index in [0.717, 1.165) is 18.4 Å². The molecule has 362 valence electrons. The molecule has 0 spiro atoms. The second-order valence-electron chi connectivity index (χ2n) is 22.8. The van der Waals surface area contributed by atoms with Crippen LogP contribution in [0.2, 0.25) is 6.32 Å². The van der Waals surface area contributed by atoms with Crippen LogP contribution in [-0.2, 0) is 41.3 Å². The van der Waals surface area contributed by atoms with Crippen LogP contribution in [-0.4, -0.2) is 114 Å². The van der Waals surface area contributed by atoms with Gasteiger partial charge in [-0.2, -0.15) is 0 Å². The van der Waals surface area contributed by atoms with Crippen molar-refractivity contribution in [1.29, 1.82) is 0 Å². The van der Waals surface area contributed by atoms with Gasteiger partial charge in [0, 0.05) is 32.7 Å². The SMILES string of the molecule is CC(C)(C)OC(=O)NC1(CN2CC(Oc3ccc(CCB4O[C@@H]5C[C@@H]6C[C@@H](C6(C)C)[C@]5(C)O4)c(OC(=O)OC(C)(C)C)c3C(=O)OC(C)(C)C)C2)CCN(C(=O)OCc2ccccc2)CC1. The lowest BCUT2D eigenvalue weighted by Gasteiger charge is -2.64. The van der Waals surface area contributed by atoms with Crippen molar-refractivity contribution in [3.8, 4) is 11.5 Å². The van der Waals surface area contributed by atoms with Gasteiger partial charge in [-0.05, 0) is 142 Å². The predicted molar refractivity (Wildman–Crippen MR) is 247 cm³/mol. The fourth-order valence-electron chi connectivity index (χ4n) is 10.3. The smallest absolute Gasteiger partial charge is 0.487 e. The average Bonchev–Trinajstić information content (AvgIpc) is 3.53. The Morgan fingerprint density at radius 1 is 0.833 bits per heavy atom. The maximum Gasteiger partial charge on any atom is 0.514 e. The number of rotatable bonds is 12. The number of alkyl carbamates (subject to hydrolysis) is 1. The molecule has 3 aliphatic carbocycles. The topological polar surface area (TPSA) is 161 Å². The first-order valence-corrected chi connectivity index (χ1v) is 23.7. The van der Waals surface area contributed by atoms with Crippen LogP contribution in [0.15, 0.2) is 42.5 Å². The van der Waals surface area contributed by atoms with E-state index in [1.807, 2.05) is 57.2 Å². The first-order valence-electron chi connectivity index (χ1n) is 23.7. The third-order valence-electron chi connectivity index (χ3n) is 13.7. The zero-order valence-electron chi connectivity index (χ0n) is 41.2. The molecular formula is C50H72BN3O12. The Morgan fingerprint density at radius 3 is 2.11 bits per heavy atom. The zero-order valence-corrected chi connectivity index (χ0v) is 41.2. The molecular weight excluding hydrogens is 845 g/mol. The lowest BCUT2D eigenvalue weighted by molar-refractivity contribution is -0.199. The van der Waals surface area contributed by atoms with Gasteiger partial charge >= 0.3 is 31.4 Å². The summed E-state index contributed by atoms with van der Waals surface area (Å²) in [5.41, 5.74) is -1.88. The van der Waals surface area contributed by atoms with Crippen LogP contribution < -0.4 is 14.8 Å². The molecule has 2 aromatic rings. The van der Waals surface area contributed by atoms with Gasteiger partial charge in [-0.25, -0.2) is 19.2 Å². The van der Waals surface area contributed by atoms with Gasteiger partial charge in [-0.1, -0.05) is 50.2 Å². The molecule has 3 saturated heterocycles. The van der Waals surface area contributed by atoms with E-state index in [-0.39, 0.29) is 46.9 Å². The second-order valence-corrected chi connectivity index (χ2v) is 22.8. The van der Waals surface area contributed by atoms with Crippen LogP contribution in [0.5, 0.6) is 11.5 Å². The Hall–Kier alpha value is -4.54. The minimum absolute atomic E-state index is 0.00626. The van der Waals surface area contributed by atoms with Crippen LogP contribution in [0.3, 0.4) is 0 Å². The predicted octanol–water partition coefficient (Wildman–Crippen LogP) is 8.99. The highest BCUT2D eigenvalue weighted by atomic mass is 16.7. The van der Waals surface area contributed by atoms with Crippen molar-refractivity contribution >= 4 is 31.4 Å². The molecule has 6 aliphatic rings. The van der Waals surface area contributed by atoms with E-state index in [9.17, 15) is 19.2 Å². The van der Waals surface area contributed by atoms with Gasteiger partial charge in [0.25, 0.3) is 0 Å². The van der Waals surface area contributed by atoms with Crippen LogP contribution in [0.25, 0.3) is 0 Å². The lowest BCUT2D eigenvalue weighted by atomic mass is 9.43. The van der Waals surface area contributed by atoms with Gasteiger partial charge in [0.15, 0.2) is 5.75 Å². The first-order chi connectivity index (χ1) is 30.7. The van der Waals surface area contributed by atoms with E-state index in [1.165, 1.54) is 0 Å². The number of carbonyl (C=O) groups excluding carboxylic acids is 4. The molecule has 2 amide bonds. The average molecular weight is 918 g/mol. The highest BCUT2D eigenvalue weighted by Crippen LogP contribution is 2.66. The van der Waals surface area contributed by atoms with Crippen molar-refractivity contribution in [2.24, 2.45) is 17.3 Å². The molecule has 0 aromatic heterocycles. The molecule has 3 heterocycles. The fraction of sp³-hybridized carbons (Fsp3) is 0.680. The lowest BCUT2D eigenvalue weighted by Crippen LogP contribution is -2.66. The van der Waals surface area contributed by atoms with Crippen molar-refractivity contribution in [3.63, 3.8) is 0 Å². The summed E-state index contributed by atoms with van der Waals surface area (Å²) >= 11 is 0. The third-order valence-corrected chi connectivity index (χ3v) is 13.7. The molecule has 2 aromatic carbocycles. The maximum atomic E-state index is 14.3. The molecule has 3 aliphatic heterocycles. The Labute approximate surface area is 391 Å². The van der Waals surface area contributed by atoms with E-state index in [1.54, 1.807) is 52.5 Å². The van der Waals surface area contributed by atoms with E-state index >= 15 is 0 Å². The van der Waals surface area contributed by atoms with Crippen molar-refractivity contribution in [2.75, 3.05) is 32.7 Å². The summed E-state index contributed by atoms with van der Waals surface area (Å²) in [5, 5.41) is 3.16. The largest absolute Gasteiger partial charge is 0.514 e. The van der Waals surface area contributed by atoms with Gasteiger partial charge in [0.05, 0.1) is 17.2 Å². The van der Waals surface area contributed by atoms with Crippen molar-refractivity contribution in [2.45, 2.75) is 168 Å². The number of hydrogen-bond acceptors (Lipinski definition) is 13. The van der Waals surface area contributed by atoms with Crippen LogP contribution >= 0.6 is 0 Å². The number of nitrogens with zero attached hydrogens (tertiary/aromatic N) is 2. The molecule has 0 radical (unpaired) electrons. The van der Waals surface area contributed by atoms with Crippen molar-refractivity contribution in [1.82, 2.24) is 15.1 Å². The molecule has 6 fully saturated rings. The number of ether oxygens (including phenoxy) is 6. The van der Waals surface area contributed by atoms with E-state index in [0.29, 0.717) is 75.7 Å². The highest BCUT2D eigenvalue weighted by molar-refractivity contribution is 6.45. The van der Waals surface area contributed by atoms with E-state index < -0.39 is 53.8 Å². The quantitative estimate of drug-likeness (QED) is 0.0931. The molecule has 3 saturated carbocycles. The van der Waals surface area contributed by atoms with E-state index in [4.69, 9.17) is 37.7 Å². The third kappa shape index (κ3) is 11.6. The normalized spacial score (nSPS) is 24.8. The number of esters is 1. The number of aryl methyl sites for hydroxylation is 1.